The highest BCUT2D eigenvalue weighted by Gasteiger charge is 2.44. The number of hydrogen-bond donors (Lipinski definition) is 6. The van der Waals surface area contributed by atoms with E-state index in [4.69, 9.17) is 27.9 Å². The first kappa shape index (κ1) is 60.8. The molecule has 0 heterocycles. The van der Waals surface area contributed by atoms with Gasteiger partial charge in [-0.25, -0.2) is 0 Å². The van der Waals surface area contributed by atoms with Crippen LogP contribution in [-0.4, -0.2) is 118 Å². The molecule has 0 saturated carbocycles. The Kier molecular flexibility index (Phi) is 24.2. The lowest BCUT2D eigenvalue weighted by molar-refractivity contribution is -0.162. The Labute approximate surface area is 369 Å². The third-order valence-corrected chi connectivity index (χ3v) is 7.74. The summed E-state index contributed by atoms with van der Waals surface area (Å²) >= 11 is 0. The van der Waals surface area contributed by atoms with Gasteiger partial charge in [-0.3, -0.25) is 28.8 Å². The second-order valence-corrected chi connectivity index (χ2v) is 22.9. The van der Waals surface area contributed by atoms with Crippen LogP contribution in [0.4, 0.5) is 0 Å². The monoisotopic (exact) mass is 893 g/mol. The summed E-state index contributed by atoms with van der Waals surface area (Å²) in [4.78, 5) is 73.3. The summed E-state index contributed by atoms with van der Waals surface area (Å²) in [5, 5.41) is 60.2. The van der Waals surface area contributed by atoms with E-state index in [-0.39, 0.29) is 38.5 Å². The van der Waals surface area contributed by atoms with Crippen LogP contribution < -0.4 is 0 Å². The third-order valence-electron chi connectivity index (χ3n) is 7.74. The fraction of sp³-hybridized carbons (Fsp3) is 0.857. The van der Waals surface area contributed by atoms with Gasteiger partial charge in [0.15, 0.2) is 36.6 Å². The molecule has 0 rings (SSSR count). The molecule has 0 fully saturated rings. The predicted octanol–water partition coefficient (Wildman–Crippen LogP) is 3.98. The van der Waals surface area contributed by atoms with Gasteiger partial charge in [0, 0.05) is 0 Å². The quantitative estimate of drug-likeness (QED) is 0.106. The molecule has 20 heteroatoms. The lowest BCUT2D eigenvalue weighted by Crippen LogP contribution is -2.43. The highest BCUT2D eigenvalue weighted by molar-refractivity contribution is 6.45. The lowest BCUT2D eigenvalue weighted by atomic mass is 9.89. The van der Waals surface area contributed by atoms with Gasteiger partial charge in [-0.15, -0.1) is 0 Å². The Bertz CT molecular complexity index is 1160. The topological polar surface area (TPSA) is 279 Å². The molecule has 0 aromatic heterocycles. The Morgan fingerprint density at radius 1 is 0.290 bits per heavy atom. The van der Waals surface area contributed by atoms with Crippen molar-refractivity contribution in [2.24, 2.45) is 32.5 Å². The highest BCUT2D eigenvalue weighted by atomic mass is 16.8. The maximum Gasteiger partial charge on any atom is 0.870 e. The summed E-state index contributed by atoms with van der Waals surface area (Å²) < 4.78 is 29.2. The fourth-order valence-electron chi connectivity index (χ4n) is 5.16. The van der Waals surface area contributed by atoms with Gasteiger partial charge in [0.05, 0.1) is 0 Å². The Hall–Kier alpha value is -3.29. The summed E-state index contributed by atoms with van der Waals surface area (Å²) in [7, 11) is -4.32. The van der Waals surface area contributed by atoms with Crippen LogP contribution in [0.25, 0.3) is 0 Å². The van der Waals surface area contributed by atoms with Gasteiger partial charge in [-0.2, -0.15) is 0 Å². The highest BCUT2D eigenvalue weighted by Crippen LogP contribution is 2.26. The predicted molar refractivity (Wildman–Crippen MR) is 229 cm³/mol. The summed E-state index contributed by atoms with van der Waals surface area (Å²) in [6, 6.07) is 0. The largest absolute Gasteiger partial charge is 0.870 e. The smallest absolute Gasteiger partial charge is 0.460 e. The molecule has 0 saturated heterocycles. The number of hydrogen-bond acceptors (Lipinski definition) is 18. The summed E-state index contributed by atoms with van der Waals surface area (Å²) in [6.45, 7) is 32.4. The molecule has 0 bridgehead atoms. The van der Waals surface area contributed by atoms with Crippen molar-refractivity contribution in [2.75, 3.05) is 0 Å². The van der Waals surface area contributed by atoms with Crippen molar-refractivity contribution in [2.45, 2.75) is 200 Å². The Balaban J connectivity index is 0. The van der Waals surface area contributed by atoms with Gasteiger partial charge in [0.1, 0.15) is 0 Å². The van der Waals surface area contributed by atoms with Crippen LogP contribution in [0.2, 0.25) is 0 Å². The second-order valence-electron chi connectivity index (χ2n) is 22.9. The zero-order chi connectivity index (χ0) is 49.6. The van der Waals surface area contributed by atoms with Crippen molar-refractivity contribution in [1.29, 1.82) is 0 Å². The first-order valence-corrected chi connectivity index (χ1v) is 20.7. The molecule has 360 valence electrons. The van der Waals surface area contributed by atoms with Crippen molar-refractivity contribution in [3.8, 4) is 0 Å². The van der Waals surface area contributed by atoms with Crippen LogP contribution in [0.3, 0.4) is 0 Å². The van der Waals surface area contributed by atoms with E-state index in [1.54, 1.807) is 125 Å². The molecular weight excluding hydrogens is 814 g/mol. The zero-order valence-electron chi connectivity index (χ0n) is 40.4. The summed E-state index contributed by atoms with van der Waals surface area (Å²) in [5.41, 5.74) is -2.46. The van der Waals surface area contributed by atoms with E-state index in [1.807, 2.05) is 0 Å². The van der Waals surface area contributed by atoms with Crippen molar-refractivity contribution < 1.29 is 87.3 Å². The second kappa shape index (κ2) is 24.7. The first-order valence-electron chi connectivity index (χ1n) is 20.7. The summed E-state index contributed by atoms with van der Waals surface area (Å²) in [5.74, 6) is -7.02. The summed E-state index contributed by atoms with van der Waals surface area (Å²) in [6.07, 6.45) is -9.09. The Morgan fingerprint density at radius 3 is 0.468 bits per heavy atom. The standard InChI is InChI=1S/2C21H39BO9/c2*1-19(2,3)10-13(23)16(26)29-22(30-17(27)14(24)11-20(4,5)6)31-18(28)15(25)12-21(7,8)9/h2*13-15,23-25H,10-12H2,1-9H3. The Morgan fingerprint density at radius 2 is 0.387 bits per heavy atom. The van der Waals surface area contributed by atoms with Crippen LogP contribution in [0.1, 0.15) is 163 Å². The van der Waals surface area contributed by atoms with Crippen LogP contribution in [0.15, 0.2) is 0 Å². The van der Waals surface area contributed by atoms with Gasteiger partial charge in [-0.1, -0.05) is 125 Å². The lowest BCUT2D eigenvalue weighted by Gasteiger charge is -2.25. The van der Waals surface area contributed by atoms with E-state index in [2.05, 4.69) is 0 Å². The van der Waals surface area contributed by atoms with Gasteiger partial charge in [0.25, 0.3) is 0 Å². The number of rotatable bonds is 18. The number of aliphatic hydroxyl groups is 6. The van der Waals surface area contributed by atoms with Gasteiger partial charge in [-0.05, 0) is 71.0 Å². The van der Waals surface area contributed by atoms with Crippen LogP contribution >= 0.6 is 0 Å². The molecule has 18 nitrogen and oxygen atoms in total. The molecule has 6 atom stereocenters. The fourth-order valence-corrected chi connectivity index (χ4v) is 5.16. The molecule has 0 aliphatic rings. The normalized spacial score (nSPS) is 15.5. The molecule has 6 N–H and O–H groups in total. The van der Waals surface area contributed by atoms with Crippen molar-refractivity contribution in [3.63, 3.8) is 0 Å². The van der Waals surface area contributed by atoms with Crippen molar-refractivity contribution in [3.05, 3.63) is 0 Å². The SMILES string of the molecule is CC(C)(C)CC(O)C(=O)OB(OC(=O)C(O)CC(C)(C)C)OC(=O)C(O)CC(C)(C)C.CC(C)(C)CC(O)C(=O)OB(OC(=O)C(O)CC(C)(C)C)OC(=O)C(O)CC(C)(C)C. The number of carbonyl (C=O) groups is 6. The average molecular weight is 893 g/mol. The molecule has 6 unspecified atom stereocenters. The van der Waals surface area contributed by atoms with Crippen LogP contribution in [0, 0.1) is 32.5 Å². The van der Waals surface area contributed by atoms with Crippen LogP contribution in [-0.2, 0) is 56.7 Å². The van der Waals surface area contributed by atoms with Gasteiger partial charge < -0.3 is 58.6 Å². The van der Waals surface area contributed by atoms with E-state index in [0.717, 1.165) is 0 Å². The molecular formula is C42H78B2O18. The maximum absolute atomic E-state index is 12.2. The molecule has 62 heavy (non-hydrogen) atoms. The minimum Gasteiger partial charge on any atom is -0.460 e. The maximum atomic E-state index is 12.2. The van der Waals surface area contributed by atoms with Crippen LogP contribution in [0.5, 0.6) is 0 Å². The van der Waals surface area contributed by atoms with E-state index >= 15 is 0 Å². The molecule has 0 spiro atoms. The molecule has 0 aliphatic carbocycles. The molecule has 0 aromatic rings. The molecule has 0 amide bonds. The van der Waals surface area contributed by atoms with E-state index in [0.29, 0.717) is 0 Å². The third kappa shape index (κ3) is 31.5. The van der Waals surface area contributed by atoms with Gasteiger partial charge in [0.2, 0.25) is 0 Å². The zero-order valence-corrected chi connectivity index (χ0v) is 40.4. The molecule has 0 aromatic carbocycles. The number of carbonyl (C=O) groups excluding carboxylic acids is 6. The first-order chi connectivity index (χ1) is 27.4. The molecule has 0 radical (unpaired) electrons. The number of aliphatic hydroxyl groups excluding tert-OH is 6. The minimum atomic E-state index is -2.16. The van der Waals surface area contributed by atoms with E-state index in [1.165, 1.54) is 0 Å². The van der Waals surface area contributed by atoms with Crippen molar-refractivity contribution >= 4 is 50.5 Å². The minimum absolute atomic E-state index is 0.0414. The van der Waals surface area contributed by atoms with Crippen molar-refractivity contribution in [1.82, 2.24) is 0 Å². The van der Waals surface area contributed by atoms with Gasteiger partial charge >= 0.3 is 50.5 Å². The van der Waals surface area contributed by atoms with E-state index in [9.17, 15) is 59.4 Å². The molecule has 0 aliphatic heterocycles. The van der Waals surface area contributed by atoms with E-state index < -0.39 is 120 Å². The average Bonchev–Trinajstić information content (AvgIpc) is 2.99.